The molecule has 0 aliphatic carbocycles. The average molecular weight is 326 g/mol. The summed E-state index contributed by atoms with van der Waals surface area (Å²) < 4.78 is 37.4. The molecule has 0 spiro atoms. The second-order valence-corrected chi connectivity index (χ2v) is 6.90. The Morgan fingerprint density at radius 2 is 1.94 bits per heavy atom. The summed E-state index contributed by atoms with van der Waals surface area (Å²) in [5, 5.41) is 0. The van der Waals surface area contributed by atoms with E-state index in [1.807, 2.05) is 4.89 Å². The molecule has 0 aromatic heterocycles. The Balaban J connectivity index is 2.98. The molecule has 0 heterocycles. The van der Waals surface area contributed by atoms with Gasteiger partial charge in [0.1, 0.15) is 10.7 Å². The largest absolute Gasteiger partial charge is 0.281 e. The van der Waals surface area contributed by atoms with Crippen LogP contribution in [0.25, 0.3) is 0 Å². The van der Waals surface area contributed by atoms with Gasteiger partial charge in [0, 0.05) is 4.47 Å². The summed E-state index contributed by atoms with van der Waals surface area (Å²) in [6.07, 6.45) is 0. The zero-order chi connectivity index (χ0) is 13.3. The highest BCUT2D eigenvalue weighted by molar-refractivity contribution is 9.10. The molecule has 0 saturated carbocycles. The van der Waals surface area contributed by atoms with Gasteiger partial charge < -0.3 is 0 Å². The number of rotatable bonds is 3. The van der Waals surface area contributed by atoms with Crippen molar-refractivity contribution in [3.8, 4) is 0 Å². The van der Waals surface area contributed by atoms with Crippen LogP contribution >= 0.6 is 15.9 Å². The molecule has 0 radical (unpaired) electrons. The van der Waals surface area contributed by atoms with Crippen LogP contribution in [-0.2, 0) is 14.9 Å². The Bertz CT molecular complexity index is 511. The van der Waals surface area contributed by atoms with Crippen LogP contribution in [0.2, 0.25) is 0 Å². The summed E-state index contributed by atoms with van der Waals surface area (Å²) >= 11 is 3.05. The van der Waals surface area contributed by atoms with Crippen molar-refractivity contribution in [3.05, 3.63) is 28.5 Å². The van der Waals surface area contributed by atoms with Crippen molar-refractivity contribution in [2.24, 2.45) is 0 Å². The van der Waals surface area contributed by atoms with E-state index in [0.717, 1.165) is 12.1 Å². The summed E-state index contributed by atoms with van der Waals surface area (Å²) in [6, 6.07) is 3.67. The highest BCUT2D eigenvalue weighted by Gasteiger charge is 2.22. The Kier molecular flexibility index (Phi) is 4.29. The van der Waals surface area contributed by atoms with Crippen molar-refractivity contribution in [1.29, 1.82) is 0 Å². The van der Waals surface area contributed by atoms with E-state index in [1.165, 1.54) is 6.07 Å². The van der Waals surface area contributed by atoms with Gasteiger partial charge >= 0.3 is 0 Å². The fraction of sp³-hybridized carbons (Fsp3) is 0.400. The van der Waals surface area contributed by atoms with Gasteiger partial charge in [0.2, 0.25) is 0 Å². The van der Waals surface area contributed by atoms with Crippen LogP contribution < -0.4 is 4.89 Å². The molecule has 0 amide bonds. The third-order valence-corrected chi connectivity index (χ3v) is 3.35. The molecule has 4 nitrogen and oxygen atoms in total. The van der Waals surface area contributed by atoms with Crippen LogP contribution in [0.5, 0.6) is 0 Å². The minimum atomic E-state index is -4.01. The molecule has 7 heteroatoms. The lowest BCUT2D eigenvalue weighted by atomic mass is 10.2. The lowest BCUT2D eigenvalue weighted by Crippen LogP contribution is -2.34. The molecule has 0 bridgehead atoms. The van der Waals surface area contributed by atoms with Crippen LogP contribution in [0.4, 0.5) is 4.39 Å². The molecule has 0 aliphatic rings. The van der Waals surface area contributed by atoms with Gasteiger partial charge in [0.15, 0.2) is 0 Å². The number of hydrogen-bond donors (Lipinski definition) is 1. The van der Waals surface area contributed by atoms with Crippen LogP contribution in [-0.4, -0.2) is 14.0 Å². The smallest absolute Gasteiger partial charge is 0.265 e. The first-order valence-electron chi connectivity index (χ1n) is 4.77. The van der Waals surface area contributed by atoms with Crippen LogP contribution in [0.3, 0.4) is 0 Å². The molecular weight excluding hydrogens is 313 g/mol. The molecule has 0 unspecified atom stereocenters. The van der Waals surface area contributed by atoms with Crippen molar-refractivity contribution in [1.82, 2.24) is 4.89 Å². The molecule has 1 aromatic rings. The second-order valence-electron chi connectivity index (χ2n) is 4.38. The van der Waals surface area contributed by atoms with E-state index in [9.17, 15) is 12.8 Å². The number of halogens is 2. The first kappa shape index (κ1) is 14.6. The Morgan fingerprint density at radius 3 is 2.41 bits per heavy atom. The van der Waals surface area contributed by atoms with Crippen molar-refractivity contribution >= 4 is 26.0 Å². The molecule has 1 aromatic carbocycles. The van der Waals surface area contributed by atoms with Crippen LogP contribution in [0.15, 0.2) is 27.6 Å². The summed E-state index contributed by atoms with van der Waals surface area (Å²) in [5.41, 5.74) is -0.696. The van der Waals surface area contributed by atoms with Gasteiger partial charge in [-0.25, -0.2) is 12.8 Å². The maximum absolute atomic E-state index is 13.5. The van der Waals surface area contributed by atoms with Crippen molar-refractivity contribution in [2.75, 3.05) is 0 Å². The van der Waals surface area contributed by atoms with E-state index in [-0.39, 0.29) is 0 Å². The van der Waals surface area contributed by atoms with E-state index in [2.05, 4.69) is 15.9 Å². The lowest BCUT2D eigenvalue weighted by molar-refractivity contribution is -0.0358. The topological polar surface area (TPSA) is 55.4 Å². The molecule has 96 valence electrons. The van der Waals surface area contributed by atoms with Gasteiger partial charge in [-0.15, -0.1) is 0 Å². The van der Waals surface area contributed by atoms with Crippen molar-refractivity contribution in [3.63, 3.8) is 0 Å². The zero-order valence-electron chi connectivity index (χ0n) is 9.62. The SMILES string of the molecule is CC(C)(C)ONS(=O)(=O)c1ccc(Br)cc1F. The molecule has 0 atom stereocenters. The fourth-order valence-electron chi connectivity index (χ4n) is 0.918. The molecule has 0 saturated heterocycles. The van der Waals surface area contributed by atoms with Gasteiger partial charge in [-0.3, -0.25) is 4.84 Å². The normalized spacial score (nSPS) is 12.8. The van der Waals surface area contributed by atoms with E-state index >= 15 is 0 Å². The third-order valence-electron chi connectivity index (χ3n) is 1.64. The van der Waals surface area contributed by atoms with Gasteiger partial charge in [-0.05, 0) is 39.0 Å². The number of benzene rings is 1. The molecule has 0 fully saturated rings. The Morgan fingerprint density at radius 1 is 1.35 bits per heavy atom. The molecular formula is C10H13BrFNO3S. The minimum absolute atomic E-state index is 0.454. The summed E-state index contributed by atoms with van der Waals surface area (Å²) in [4.78, 5) is 6.36. The van der Waals surface area contributed by atoms with Crippen molar-refractivity contribution in [2.45, 2.75) is 31.3 Å². The van der Waals surface area contributed by atoms with E-state index in [4.69, 9.17) is 4.84 Å². The van der Waals surface area contributed by atoms with E-state index in [0.29, 0.717) is 4.47 Å². The maximum Gasteiger partial charge on any atom is 0.265 e. The van der Waals surface area contributed by atoms with E-state index in [1.54, 1.807) is 20.8 Å². The minimum Gasteiger partial charge on any atom is -0.281 e. The number of hydrogen-bond acceptors (Lipinski definition) is 3. The van der Waals surface area contributed by atoms with Gasteiger partial charge in [-0.2, -0.15) is 0 Å². The Hall–Kier alpha value is -0.500. The molecule has 1 N–H and O–H groups in total. The standard InChI is InChI=1S/C10H13BrFNO3S/c1-10(2,3)16-13-17(14,15)9-5-4-7(11)6-8(9)12/h4-6,13H,1-3H3. The average Bonchev–Trinajstić information content (AvgIpc) is 2.13. The first-order valence-corrected chi connectivity index (χ1v) is 7.04. The van der Waals surface area contributed by atoms with E-state index < -0.39 is 26.3 Å². The van der Waals surface area contributed by atoms with Gasteiger partial charge in [0.25, 0.3) is 10.0 Å². The van der Waals surface area contributed by atoms with Crippen molar-refractivity contribution < 1.29 is 17.6 Å². The van der Waals surface area contributed by atoms with Gasteiger partial charge in [0.05, 0.1) is 5.60 Å². The highest BCUT2D eigenvalue weighted by Crippen LogP contribution is 2.19. The summed E-state index contributed by atoms with van der Waals surface area (Å²) in [5.74, 6) is -0.843. The lowest BCUT2D eigenvalue weighted by Gasteiger charge is -2.19. The maximum atomic E-state index is 13.5. The summed E-state index contributed by atoms with van der Waals surface area (Å²) in [6.45, 7) is 5.02. The van der Waals surface area contributed by atoms with Gasteiger partial charge in [-0.1, -0.05) is 20.8 Å². The summed E-state index contributed by atoms with van der Waals surface area (Å²) in [7, 11) is -4.01. The van der Waals surface area contributed by atoms with Crippen LogP contribution in [0, 0.1) is 5.82 Å². The molecule has 17 heavy (non-hydrogen) atoms. The van der Waals surface area contributed by atoms with Crippen LogP contribution in [0.1, 0.15) is 20.8 Å². The predicted octanol–water partition coefficient (Wildman–Crippen LogP) is 2.60. The molecule has 0 aliphatic heterocycles. The predicted molar refractivity (Wildman–Crippen MR) is 65.3 cm³/mol. The quantitative estimate of drug-likeness (QED) is 0.869. The highest BCUT2D eigenvalue weighted by atomic mass is 79.9. The Labute approximate surface area is 108 Å². The second kappa shape index (κ2) is 5.01. The first-order chi connectivity index (χ1) is 7.62. The zero-order valence-corrected chi connectivity index (χ0v) is 12.0. The third kappa shape index (κ3) is 4.34. The monoisotopic (exact) mass is 325 g/mol. The molecule has 1 rings (SSSR count). The number of nitrogens with one attached hydrogen (secondary N) is 1. The fourth-order valence-corrected chi connectivity index (χ4v) is 2.26. The number of sulfonamides is 1.